The minimum absolute atomic E-state index is 0.0668. The van der Waals surface area contributed by atoms with Gasteiger partial charge in [0.1, 0.15) is 6.07 Å². The smallest absolute Gasteiger partial charge is 0.234 e. The summed E-state index contributed by atoms with van der Waals surface area (Å²) in [6, 6.07) is 11.4. The largest absolute Gasteiger partial charge is 0.344 e. The Hall–Kier alpha value is -2.89. The number of carbonyl (C=O) groups excluding carboxylic acids is 1. The van der Waals surface area contributed by atoms with E-state index in [1.54, 1.807) is 0 Å². The molecule has 5 nitrogen and oxygen atoms in total. The number of hydrogen-bond donors (Lipinski definition) is 2. The molecule has 1 amide bonds. The molecule has 1 aromatic heterocycles. The molecular weight excluding hydrogens is 252 g/mol. The molecule has 2 aromatic rings. The number of nitrogens with zero attached hydrogens (tertiary/aromatic N) is 2. The highest BCUT2D eigenvalue weighted by Gasteiger charge is 2.03. The minimum Gasteiger partial charge on any atom is -0.344 e. The molecule has 0 unspecified atom stereocenters. The molecule has 98 valence electrons. The standard InChI is InChI=1S/C15H12N4O/c16-9-14-12(5-3-7-18-15(20)10-17)8-11-4-1-2-6-13(11)19-14/h1-2,4,6,8H,7,10,17H2,(H,18,20). The van der Waals surface area contributed by atoms with Crippen molar-refractivity contribution in [2.75, 3.05) is 13.1 Å². The summed E-state index contributed by atoms with van der Waals surface area (Å²) < 4.78 is 0. The van der Waals surface area contributed by atoms with Crippen LogP contribution in [0, 0.1) is 23.2 Å². The van der Waals surface area contributed by atoms with Crippen molar-refractivity contribution < 1.29 is 4.79 Å². The average Bonchev–Trinajstić information content (AvgIpc) is 2.50. The number of pyridine rings is 1. The van der Waals surface area contributed by atoms with Gasteiger partial charge in [-0.2, -0.15) is 5.26 Å². The fraction of sp³-hybridized carbons (Fsp3) is 0.133. The number of hydrogen-bond acceptors (Lipinski definition) is 4. The maximum absolute atomic E-state index is 11.0. The quantitative estimate of drug-likeness (QED) is 0.774. The molecule has 0 aliphatic carbocycles. The van der Waals surface area contributed by atoms with Crippen molar-refractivity contribution in [3.05, 3.63) is 41.6 Å². The third-order valence-electron chi connectivity index (χ3n) is 2.61. The number of benzene rings is 1. The minimum atomic E-state index is -0.267. The number of nitriles is 1. The summed E-state index contributed by atoms with van der Waals surface area (Å²) in [6.45, 7) is 0.121. The maximum Gasteiger partial charge on any atom is 0.234 e. The number of nitrogens with two attached hydrogens (primary N) is 1. The van der Waals surface area contributed by atoms with E-state index in [0.29, 0.717) is 5.56 Å². The molecule has 1 heterocycles. The predicted molar refractivity (Wildman–Crippen MR) is 75.4 cm³/mol. The van der Waals surface area contributed by atoms with Crippen LogP contribution in [0.3, 0.4) is 0 Å². The Morgan fingerprint density at radius 1 is 1.40 bits per heavy atom. The summed E-state index contributed by atoms with van der Waals surface area (Å²) in [7, 11) is 0. The number of nitrogens with one attached hydrogen (secondary N) is 1. The van der Waals surface area contributed by atoms with Gasteiger partial charge in [0.05, 0.1) is 24.2 Å². The summed E-state index contributed by atoms with van der Waals surface area (Å²) in [5.74, 6) is 5.36. The number of amides is 1. The molecule has 2 rings (SSSR count). The van der Waals surface area contributed by atoms with Crippen molar-refractivity contribution in [3.63, 3.8) is 0 Å². The van der Waals surface area contributed by atoms with Gasteiger partial charge in [-0.05, 0) is 12.1 Å². The summed E-state index contributed by atoms with van der Waals surface area (Å²) in [4.78, 5) is 15.2. The second-order valence-corrected chi connectivity index (χ2v) is 3.97. The van der Waals surface area contributed by atoms with Gasteiger partial charge in [0.2, 0.25) is 5.91 Å². The average molecular weight is 264 g/mol. The van der Waals surface area contributed by atoms with E-state index in [0.717, 1.165) is 10.9 Å². The first-order valence-electron chi connectivity index (χ1n) is 6.00. The van der Waals surface area contributed by atoms with E-state index in [9.17, 15) is 4.79 Å². The van der Waals surface area contributed by atoms with Crippen molar-refractivity contribution in [1.82, 2.24) is 10.3 Å². The van der Waals surface area contributed by atoms with Crippen LogP contribution in [-0.4, -0.2) is 24.0 Å². The molecule has 0 spiro atoms. The van der Waals surface area contributed by atoms with Crippen LogP contribution in [0.4, 0.5) is 0 Å². The highest BCUT2D eigenvalue weighted by atomic mass is 16.1. The lowest BCUT2D eigenvalue weighted by Gasteiger charge is -2.00. The molecule has 0 bridgehead atoms. The highest BCUT2D eigenvalue weighted by molar-refractivity contribution is 5.81. The number of fused-ring (bicyclic) bond motifs is 1. The lowest BCUT2D eigenvalue weighted by Crippen LogP contribution is -2.30. The fourth-order valence-corrected chi connectivity index (χ4v) is 1.65. The number of carbonyl (C=O) groups is 1. The Bertz CT molecular complexity index is 750. The second-order valence-electron chi connectivity index (χ2n) is 3.97. The van der Waals surface area contributed by atoms with Crippen LogP contribution in [0.1, 0.15) is 11.3 Å². The van der Waals surface area contributed by atoms with Gasteiger partial charge in [-0.15, -0.1) is 0 Å². The number of para-hydroxylation sites is 1. The van der Waals surface area contributed by atoms with Crippen LogP contribution in [0.25, 0.3) is 10.9 Å². The lowest BCUT2D eigenvalue weighted by molar-refractivity contribution is -0.119. The third kappa shape index (κ3) is 3.11. The van der Waals surface area contributed by atoms with E-state index >= 15 is 0 Å². The Morgan fingerprint density at radius 2 is 2.20 bits per heavy atom. The van der Waals surface area contributed by atoms with E-state index in [1.165, 1.54) is 0 Å². The molecule has 0 aliphatic rings. The summed E-state index contributed by atoms with van der Waals surface area (Å²) in [6.07, 6.45) is 0. The van der Waals surface area contributed by atoms with Crippen LogP contribution < -0.4 is 11.1 Å². The summed E-state index contributed by atoms with van der Waals surface area (Å²) in [5, 5.41) is 12.5. The second kappa shape index (κ2) is 6.33. The zero-order valence-electron chi connectivity index (χ0n) is 10.7. The molecule has 0 atom stereocenters. The molecule has 20 heavy (non-hydrogen) atoms. The third-order valence-corrected chi connectivity index (χ3v) is 2.61. The molecule has 0 saturated carbocycles. The van der Waals surface area contributed by atoms with E-state index in [-0.39, 0.29) is 24.7 Å². The normalized spacial score (nSPS) is 9.40. The van der Waals surface area contributed by atoms with Crippen molar-refractivity contribution in [3.8, 4) is 17.9 Å². The molecule has 0 radical (unpaired) electrons. The van der Waals surface area contributed by atoms with Gasteiger partial charge in [-0.3, -0.25) is 4.79 Å². The SMILES string of the molecule is N#Cc1nc2ccccc2cc1C#CCNC(=O)CN. The van der Waals surface area contributed by atoms with E-state index < -0.39 is 0 Å². The van der Waals surface area contributed by atoms with Crippen molar-refractivity contribution >= 4 is 16.8 Å². The van der Waals surface area contributed by atoms with Crippen molar-refractivity contribution in [1.29, 1.82) is 5.26 Å². The van der Waals surface area contributed by atoms with Gasteiger partial charge < -0.3 is 11.1 Å². The first-order valence-corrected chi connectivity index (χ1v) is 6.00. The number of aromatic nitrogens is 1. The van der Waals surface area contributed by atoms with Crippen LogP contribution in [0.2, 0.25) is 0 Å². The zero-order chi connectivity index (χ0) is 14.4. The summed E-state index contributed by atoms with van der Waals surface area (Å²) >= 11 is 0. The van der Waals surface area contributed by atoms with Crippen LogP contribution in [-0.2, 0) is 4.79 Å². The molecule has 3 N–H and O–H groups in total. The van der Waals surface area contributed by atoms with Gasteiger partial charge in [-0.1, -0.05) is 30.0 Å². The molecular formula is C15H12N4O. The van der Waals surface area contributed by atoms with Gasteiger partial charge in [0.25, 0.3) is 0 Å². The van der Waals surface area contributed by atoms with Gasteiger partial charge in [-0.25, -0.2) is 4.98 Å². The first kappa shape index (κ1) is 13.5. The van der Waals surface area contributed by atoms with Gasteiger partial charge in [0, 0.05) is 5.39 Å². The van der Waals surface area contributed by atoms with Crippen LogP contribution in [0.5, 0.6) is 0 Å². The molecule has 5 heteroatoms. The fourth-order valence-electron chi connectivity index (χ4n) is 1.65. The molecule has 1 aromatic carbocycles. The molecule has 0 fully saturated rings. The number of rotatable bonds is 2. The van der Waals surface area contributed by atoms with Crippen LogP contribution >= 0.6 is 0 Å². The van der Waals surface area contributed by atoms with Gasteiger partial charge in [0.15, 0.2) is 5.69 Å². The maximum atomic E-state index is 11.0. The topological polar surface area (TPSA) is 91.8 Å². The first-order chi connectivity index (χ1) is 9.74. The monoisotopic (exact) mass is 264 g/mol. The van der Waals surface area contributed by atoms with Crippen LogP contribution in [0.15, 0.2) is 30.3 Å². The summed E-state index contributed by atoms with van der Waals surface area (Å²) in [5.41, 5.74) is 6.74. The Morgan fingerprint density at radius 3 is 2.95 bits per heavy atom. The Kier molecular flexibility index (Phi) is 4.28. The Balaban J connectivity index is 2.27. The Labute approximate surface area is 116 Å². The highest BCUT2D eigenvalue weighted by Crippen LogP contribution is 2.15. The molecule has 0 aliphatic heterocycles. The van der Waals surface area contributed by atoms with Crippen molar-refractivity contribution in [2.24, 2.45) is 5.73 Å². The zero-order valence-corrected chi connectivity index (χ0v) is 10.7. The van der Waals surface area contributed by atoms with E-state index in [2.05, 4.69) is 22.1 Å². The molecule has 0 saturated heterocycles. The van der Waals surface area contributed by atoms with E-state index in [4.69, 9.17) is 11.0 Å². The lowest BCUT2D eigenvalue weighted by atomic mass is 10.1. The van der Waals surface area contributed by atoms with Gasteiger partial charge >= 0.3 is 0 Å². The van der Waals surface area contributed by atoms with Crippen molar-refractivity contribution in [2.45, 2.75) is 0 Å². The predicted octanol–water partition coefficient (Wildman–Crippen LogP) is 0.533. The van der Waals surface area contributed by atoms with E-state index in [1.807, 2.05) is 36.4 Å².